The van der Waals surface area contributed by atoms with Gasteiger partial charge in [0, 0.05) is 16.9 Å². The van der Waals surface area contributed by atoms with Gasteiger partial charge in [-0.15, -0.1) is 0 Å². The fourth-order valence-electron chi connectivity index (χ4n) is 1.56. The van der Waals surface area contributed by atoms with Crippen molar-refractivity contribution in [3.8, 4) is 0 Å². The largest absolute Gasteiger partial charge is 0.398 e. The van der Waals surface area contributed by atoms with Crippen LogP contribution < -0.4 is 11.1 Å². The van der Waals surface area contributed by atoms with E-state index in [1.807, 2.05) is 6.92 Å². The van der Waals surface area contributed by atoms with Crippen molar-refractivity contribution in [1.82, 2.24) is 0 Å². The van der Waals surface area contributed by atoms with Gasteiger partial charge < -0.3 is 11.1 Å². The maximum atomic E-state index is 13.3. The normalized spacial score (nSPS) is 10.3. The number of nitrogen functional groups attached to an aromatic ring is 1. The molecule has 3 nitrogen and oxygen atoms in total. The van der Waals surface area contributed by atoms with Crippen molar-refractivity contribution in [2.24, 2.45) is 0 Å². The van der Waals surface area contributed by atoms with Gasteiger partial charge >= 0.3 is 0 Å². The molecule has 0 aliphatic carbocycles. The van der Waals surface area contributed by atoms with Crippen LogP contribution in [-0.4, -0.2) is 5.91 Å². The molecular formula is C14H12ClFN2O. The molecule has 0 saturated heterocycles. The number of hydrogen-bond donors (Lipinski definition) is 2. The Morgan fingerprint density at radius 1 is 1.26 bits per heavy atom. The summed E-state index contributed by atoms with van der Waals surface area (Å²) in [5.74, 6) is -1.04. The molecule has 0 aliphatic heterocycles. The maximum absolute atomic E-state index is 13.3. The van der Waals surface area contributed by atoms with E-state index in [1.54, 1.807) is 18.2 Å². The number of nitrogens with two attached hydrogens (primary N) is 1. The smallest absolute Gasteiger partial charge is 0.255 e. The van der Waals surface area contributed by atoms with E-state index < -0.39 is 11.7 Å². The number of aryl methyl sites for hydroxylation is 1. The second kappa shape index (κ2) is 5.28. The molecule has 0 radical (unpaired) electrons. The number of amides is 1. The van der Waals surface area contributed by atoms with E-state index in [2.05, 4.69) is 5.32 Å². The number of nitrogens with one attached hydrogen (secondary N) is 1. The van der Waals surface area contributed by atoms with Crippen molar-refractivity contribution in [2.45, 2.75) is 6.92 Å². The monoisotopic (exact) mass is 278 g/mol. The molecule has 0 fully saturated rings. The second-order valence-corrected chi connectivity index (χ2v) is 4.56. The van der Waals surface area contributed by atoms with Crippen LogP contribution in [0.4, 0.5) is 15.8 Å². The van der Waals surface area contributed by atoms with Gasteiger partial charge in [-0.2, -0.15) is 0 Å². The lowest BCUT2D eigenvalue weighted by Crippen LogP contribution is -2.12. The zero-order valence-electron chi connectivity index (χ0n) is 10.2. The lowest BCUT2D eigenvalue weighted by Gasteiger charge is -2.08. The summed E-state index contributed by atoms with van der Waals surface area (Å²) in [7, 11) is 0. The van der Waals surface area contributed by atoms with Crippen molar-refractivity contribution >= 4 is 28.9 Å². The first-order valence-electron chi connectivity index (χ1n) is 5.60. The minimum absolute atomic E-state index is 0.0175. The van der Waals surface area contributed by atoms with Crippen LogP contribution in [0.3, 0.4) is 0 Å². The van der Waals surface area contributed by atoms with Gasteiger partial charge in [0.1, 0.15) is 5.82 Å². The first-order valence-corrected chi connectivity index (χ1v) is 5.97. The van der Waals surface area contributed by atoms with E-state index in [4.69, 9.17) is 17.3 Å². The molecule has 98 valence electrons. The van der Waals surface area contributed by atoms with Crippen molar-refractivity contribution in [2.75, 3.05) is 11.1 Å². The van der Waals surface area contributed by atoms with Crippen LogP contribution >= 0.6 is 11.6 Å². The van der Waals surface area contributed by atoms with Crippen LogP contribution in [-0.2, 0) is 0 Å². The predicted molar refractivity (Wildman–Crippen MR) is 75.0 cm³/mol. The summed E-state index contributed by atoms with van der Waals surface area (Å²) in [6.45, 7) is 1.87. The molecule has 0 atom stereocenters. The molecular weight excluding hydrogens is 267 g/mol. The first-order chi connectivity index (χ1) is 8.97. The Labute approximate surface area is 115 Å². The van der Waals surface area contributed by atoms with Gasteiger partial charge in [-0.1, -0.05) is 17.7 Å². The molecule has 0 aliphatic rings. The summed E-state index contributed by atoms with van der Waals surface area (Å²) < 4.78 is 13.3. The first kappa shape index (κ1) is 13.4. The zero-order chi connectivity index (χ0) is 14.0. The summed E-state index contributed by atoms with van der Waals surface area (Å²) in [6.07, 6.45) is 0. The van der Waals surface area contributed by atoms with E-state index >= 15 is 0 Å². The summed E-state index contributed by atoms with van der Waals surface area (Å²) >= 11 is 5.56. The molecule has 2 rings (SSSR count). The highest BCUT2D eigenvalue weighted by atomic mass is 35.5. The molecule has 5 heteroatoms. The molecule has 2 aromatic rings. The Hall–Kier alpha value is -2.07. The standard InChI is InChI=1S/C14H12ClFN2O/c1-8-2-4-10(7-13(8)17)18-14(19)9-3-5-11(15)12(16)6-9/h2-7H,17H2,1H3,(H,18,19). The fourth-order valence-corrected chi connectivity index (χ4v) is 1.68. The SMILES string of the molecule is Cc1ccc(NC(=O)c2ccc(Cl)c(F)c2)cc1N. The summed E-state index contributed by atoms with van der Waals surface area (Å²) in [6, 6.07) is 9.07. The molecule has 0 saturated carbocycles. The molecule has 0 heterocycles. The number of benzene rings is 2. The number of carbonyl (C=O) groups is 1. The van der Waals surface area contributed by atoms with E-state index in [-0.39, 0.29) is 10.6 Å². The van der Waals surface area contributed by atoms with Crippen molar-refractivity contribution < 1.29 is 9.18 Å². The summed E-state index contributed by atoms with van der Waals surface area (Å²) in [5, 5.41) is 2.63. The van der Waals surface area contributed by atoms with Gasteiger partial charge in [-0.25, -0.2) is 4.39 Å². The van der Waals surface area contributed by atoms with Crippen molar-refractivity contribution in [1.29, 1.82) is 0 Å². The van der Waals surface area contributed by atoms with Crippen LogP contribution in [0.5, 0.6) is 0 Å². The van der Waals surface area contributed by atoms with Gasteiger partial charge in [-0.05, 0) is 42.8 Å². The number of hydrogen-bond acceptors (Lipinski definition) is 2. The average Bonchev–Trinajstić information content (AvgIpc) is 2.37. The highest BCUT2D eigenvalue weighted by molar-refractivity contribution is 6.30. The Balaban J connectivity index is 2.20. The Morgan fingerprint density at radius 3 is 2.63 bits per heavy atom. The fraction of sp³-hybridized carbons (Fsp3) is 0.0714. The van der Waals surface area contributed by atoms with Crippen LogP contribution in [0.2, 0.25) is 5.02 Å². The molecule has 0 aromatic heterocycles. The van der Waals surface area contributed by atoms with Crippen LogP contribution in [0.25, 0.3) is 0 Å². The van der Waals surface area contributed by atoms with Gasteiger partial charge in [0.25, 0.3) is 5.91 Å². The highest BCUT2D eigenvalue weighted by Gasteiger charge is 2.09. The quantitative estimate of drug-likeness (QED) is 0.824. The van der Waals surface area contributed by atoms with Crippen molar-refractivity contribution in [3.05, 3.63) is 58.4 Å². The average molecular weight is 279 g/mol. The zero-order valence-corrected chi connectivity index (χ0v) is 11.0. The number of anilines is 2. The lowest BCUT2D eigenvalue weighted by molar-refractivity contribution is 0.102. The van der Waals surface area contributed by atoms with Crippen LogP contribution in [0.15, 0.2) is 36.4 Å². The maximum Gasteiger partial charge on any atom is 0.255 e. The minimum atomic E-state index is -0.627. The van der Waals surface area contributed by atoms with E-state index in [9.17, 15) is 9.18 Å². The molecule has 0 bridgehead atoms. The van der Waals surface area contributed by atoms with Gasteiger partial charge in [0.15, 0.2) is 0 Å². The molecule has 2 aromatic carbocycles. The lowest BCUT2D eigenvalue weighted by atomic mass is 10.1. The highest BCUT2D eigenvalue weighted by Crippen LogP contribution is 2.19. The Morgan fingerprint density at radius 2 is 2.00 bits per heavy atom. The third kappa shape index (κ3) is 3.03. The molecule has 19 heavy (non-hydrogen) atoms. The molecule has 1 amide bonds. The third-order valence-electron chi connectivity index (χ3n) is 2.72. The van der Waals surface area contributed by atoms with Crippen molar-refractivity contribution in [3.63, 3.8) is 0 Å². The van der Waals surface area contributed by atoms with E-state index in [1.165, 1.54) is 12.1 Å². The second-order valence-electron chi connectivity index (χ2n) is 4.15. The Bertz CT molecular complexity index is 643. The minimum Gasteiger partial charge on any atom is -0.398 e. The summed E-state index contributed by atoms with van der Waals surface area (Å²) in [5.41, 5.74) is 8.01. The number of carbonyl (C=O) groups excluding carboxylic acids is 1. The molecule has 3 N–H and O–H groups in total. The number of halogens is 2. The molecule has 0 spiro atoms. The summed E-state index contributed by atoms with van der Waals surface area (Å²) in [4.78, 5) is 11.9. The van der Waals surface area contributed by atoms with E-state index in [0.717, 1.165) is 11.6 Å². The third-order valence-corrected chi connectivity index (χ3v) is 3.03. The van der Waals surface area contributed by atoms with Crippen LogP contribution in [0.1, 0.15) is 15.9 Å². The predicted octanol–water partition coefficient (Wildman–Crippen LogP) is 3.62. The Kier molecular flexibility index (Phi) is 3.71. The van der Waals surface area contributed by atoms with Gasteiger partial charge in [0.2, 0.25) is 0 Å². The number of rotatable bonds is 2. The topological polar surface area (TPSA) is 55.1 Å². The molecule has 0 unspecified atom stereocenters. The van der Waals surface area contributed by atoms with Gasteiger partial charge in [0.05, 0.1) is 5.02 Å². The van der Waals surface area contributed by atoms with Gasteiger partial charge in [-0.3, -0.25) is 4.79 Å². The van der Waals surface area contributed by atoms with Crippen LogP contribution in [0, 0.1) is 12.7 Å². The van der Waals surface area contributed by atoms with E-state index in [0.29, 0.717) is 11.4 Å².